The average molecular weight is 398 g/mol. The molecule has 10 heteroatoms. The number of sulfonamides is 1. The Bertz CT molecular complexity index is 1190. The summed E-state index contributed by atoms with van der Waals surface area (Å²) in [6, 6.07) is 6.85. The summed E-state index contributed by atoms with van der Waals surface area (Å²) >= 11 is 0. The van der Waals surface area contributed by atoms with Gasteiger partial charge in [0.15, 0.2) is 5.75 Å². The summed E-state index contributed by atoms with van der Waals surface area (Å²) in [6.45, 7) is 3.62. The Morgan fingerprint density at radius 2 is 2.00 bits per heavy atom. The second kappa shape index (κ2) is 7.28. The SMILES string of the molecule is Cc1nn(C)c(C)c1Oc1nc(-c2cncc(C#N)c2)ccc1NS(C)(=O)=O. The number of nitrogens with one attached hydrogen (secondary N) is 1. The smallest absolute Gasteiger partial charge is 0.244 e. The molecule has 0 unspecified atom stereocenters. The third-order valence-electron chi connectivity index (χ3n) is 3.96. The summed E-state index contributed by atoms with van der Waals surface area (Å²) in [5.41, 5.74) is 3.08. The molecule has 144 valence electrons. The van der Waals surface area contributed by atoms with Gasteiger partial charge in [-0.1, -0.05) is 0 Å². The summed E-state index contributed by atoms with van der Waals surface area (Å²) in [7, 11) is -1.76. The van der Waals surface area contributed by atoms with Gasteiger partial charge in [-0.2, -0.15) is 10.4 Å². The Kier molecular flexibility index (Phi) is 5.02. The maximum absolute atomic E-state index is 11.7. The molecule has 1 N–H and O–H groups in total. The van der Waals surface area contributed by atoms with E-state index in [0.717, 1.165) is 11.9 Å². The third kappa shape index (κ3) is 4.10. The van der Waals surface area contributed by atoms with Crippen LogP contribution in [0.4, 0.5) is 5.69 Å². The second-order valence-corrected chi connectivity index (χ2v) is 7.97. The fraction of sp³-hybridized carbons (Fsp3) is 0.222. The van der Waals surface area contributed by atoms with Crippen molar-refractivity contribution in [2.45, 2.75) is 13.8 Å². The molecular weight excluding hydrogens is 380 g/mol. The number of aryl methyl sites for hydroxylation is 2. The monoisotopic (exact) mass is 398 g/mol. The van der Waals surface area contributed by atoms with Crippen LogP contribution in [-0.2, 0) is 17.1 Å². The van der Waals surface area contributed by atoms with Crippen LogP contribution in [0.15, 0.2) is 30.6 Å². The van der Waals surface area contributed by atoms with E-state index in [4.69, 9.17) is 10.00 Å². The van der Waals surface area contributed by atoms with E-state index in [-0.39, 0.29) is 11.6 Å². The van der Waals surface area contributed by atoms with E-state index in [1.54, 1.807) is 43.0 Å². The molecule has 0 fully saturated rings. The molecule has 0 bridgehead atoms. The van der Waals surface area contributed by atoms with Gasteiger partial charge in [0.1, 0.15) is 17.5 Å². The van der Waals surface area contributed by atoms with Crippen LogP contribution in [0.1, 0.15) is 17.0 Å². The molecule has 0 aliphatic carbocycles. The van der Waals surface area contributed by atoms with Crippen molar-refractivity contribution in [3.05, 3.63) is 47.5 Å². The molecule has 0 spiro atoms. The molecule has 0 saturated heterocycles. The maximum Gasteiger partial charge on any atom is 0.244 e. The number of nitriles is 1. The Hall–Kier alpha value is -3.45. The molecule has 3 rings (SSSR count). The van der Waals surface area contributed by atoms with Crippen LogP contribution in [0.2, 0.25) is 0 Å². The molecule has 3 aromatic heterocycles. The van der Waals surface area contributed by atoms with Crippen molar-refractivity contribution >= 4 is 15.7 Å². The fourth-order valence-corrected chi connectivity index (χ4v) is 3.15. The summed E-state index contributed by atoms with van der Waals surface area (Å²) in [6.07, 6.45) is 4.06. The van der Waals surface area contributed by atoms with E-state index in [0.29, 0.717) is 28.3 Å². The molecule has 0 atom stereocenters. The van der Waals surface area contributed by atoms with Crippen molar-refractivity contribution < 1.29 is 13.2 Å². The Balaban J connectivity index is 2.11. The average Bonchev–Trinajstić information content (AvgIpc) is 2.88. The largest absolute Gasteiger partial charge is 0.433 e. The zero-order valence-corrected chi connectivity index (χ0v) is 16.6. The third-order valence-corrected chi connectivity index (χ3v) is 4.55. The Morgan fingerprint density at radius 3 is 2.61 bits per heavy atom. The van der Waals surface area contributed by atoms with Gasteiger partial charge in [0, 0.05) is 25.0 Å². The van der Waals surface area contributed by atoms with Gasteiger partial charge in [-0.05, 0) is 32.0 Å². The van der Waals surface area contributed by atoms with Crippen molar-refractivity contribution in [2.24, 2.45) is 7.05 Å². The first-order chi connectivity index (χ1) is 13.2. The molecule has 9 nitrogen and oxygen atoms in total. The van der Waals surface area contributed by atoms with Gasteiger partial charge in [0.2, 0.25) is 15.9 Å². The highest BCUT2D eigenvalue weighted by molar-refractivity contribution is 7.92. The van der Waals surface area contributed by atoms with E-state index in [9.17, 15) is 8.42 Å². The van der Waals surface area contributed by atoms with Crippen molar-refractivity contribution in [2.75, 3.05) is 11.0 Å². The number of ether oxygens (including phenoxy) is 1. The Labute approximate surface area is 162 Å². The minimum absolute atomic E-state index is 0.0736. The van der Waals surface area contributed by atoms with Gasteiger partial charge in [-0.25, -0.2) is 13.4 Å². The summed E-state index contributed by atoms with van der Waals surface area (Å²) < 4.78 is 33.5. The van der Waals surface area contributed by atoms with Crippen molar-refractivity contribution in [3.8, 4) is 29.0 Å². The number of aromatic nitrogens is 4. The van der Waals surface area contributed by atoms with Crippen LogP contribution in [-0.4, -0.2) is 34.4 Å². The number of rotatable bonds is 5. The lowest BCUT2D eigenvalue weighted by atomic mass is 10.1. The topological polar surface area (TPSA) is 123 Å². The predicted octanol–water partition coefficient (Wildman–Crippen LogP) is 2.53. The molecule has 0 radical (unpaired) electrons. The van der Waals surface area contributed by atoms with Crippen LogP contribution in [0, 0.1) is 25.2 Å². The summed E-state index contributed by atoms with van der Waals surface area (Å²) in [4.78, 5) is 8.48. The molecule has 0 amide bonds. The first kappa shape index (κ1) is 19.3. The number of hydrogen-bond donors (Lipinski definition) is 1. The molecule has 3 heterocycles. The number of anilines is 1. The highest BCUT2D eigenvalue weighted by atomic mass is 32.2. The molecule has 28 heavy (non-hydrogen) atoms. The van der Waals surface area contributed by atoms with E-state index >= 15 is 0 Å². The highest BCUT2D eigenvalue weighted by Crippen LogP contribution is 2.34. The molecule has 0 aromatic carbocycles. The van der Waals surface area contributed by atoms with Crippen molar-refractivity contribution in [1.82, 2.24) is 19.7 Å². The number of hydrogen-bond acceptors (Lipinski definition) is 7. The van der Waals surface area contributed by atoms with Crippen LogP contribution in [0.3, 0.4) is 0 Å². The van der Waals surface area contributed by atoms with Crippen molar-refractivity contribution in [3.63, 3.8) is 0 Å². The standard InChI is InChI=1S/C18H18N6O3S/c1-11-17(12(2)24(3)22-11)27-18-16(23-28(4,25)26)6-5-15(21-18)14-7-13(8-19)9-20-10-14/h5-7,9-10,23H,1-4H3. The first-order valence-electron chi connectivity index (χ1n) is 8.20. The van der Waals surface area contributed by atoms with Crippen molar-refractivity contribution in [1.29, 1.82) is 5.26 Å². The molecule has 0 saturated carbocycles. The fourth-order valence-electron chi connectivity index (χ4n) is 2.60. The number of nitrogens with zero attached hydrogens (tertiary/aromatic N) is 5. The minimum atomic E-state index is -3.54. The first-order valence-corrected chi connectivity index (χ1v) is 10.1. The lowest BCUT2D eigenvalue weighted by molar-refractivity contribution is 0.458. The lowest BCUT2D eigenvalue weighted by Crippen LogP contribution is -2.11. The molecule has 0 aliphatic rings. The second-order valence-electron chi connectivity index (χ2n) is 6.22. The molecular formula is C18H18N6O3S. The van der Waals surface area contributed by atoms with Gasteiger partial charge < -0.3 is 4.74 Å². The maximum atomic E-state index is 11.7. The van der Waals surface area contributed by atoms with Gasteiger partial charge in [-0.3, -0.25) is 14.4 Å². The minimum Gasteiger partial charge on any atom is -0.433 e. The lowest BCUT2D eigenvalue weighted by Gasteiger charge is -2.13. The zero-order valence-electron chi connectivity index (χ0n) is 15.8. The van der Waals surface area contributed by atoms with Crippen LogP contribution in [0.5, 0.6) is 11.6 Å². The van der Waals surface area contributed by atoms with Gasteiger partial charge in [0.25, 0.3) is 0 Å². The summed E-state index contributed by atoms with van der Waals surface area (Å²) in [5.74, 6) is 0.567. The number of pyridine rings is 2. The molecule has 0 aliphatic heterocycles. The molecule has 3 aromatic rings. The van der Waals surface area contributed by atoms with Gasteiger partial charge in [0.05, 0.1) is 23.2 Å². The highest BCUT2D eigenvalue weighted by Gasteiger charge is 2.18. The van der Waals surface area contributed by atoms with E-state index < -0.39 is 10.0 Å². The Morgan fingerprint density at radius 1 is 1.25 bits per heavy atom. The van der Waals surface area contributed by atoms with Crippen LogP contribution >= 0.6 is 0 Å². The normalized spacial score (nSPS) is 11.1. The quantitative estimate of drug-likeness (QED) is 0.700. The van der Waals surface area contributed by atoms with E-state index in [1.807, 2.05) is 13.0 Å². The zero-order chi connectivity index (χ0) is 20.5. The van der Waals surface area contributed by atoms with Gasteiger partial charge in [-0.15, -0.1) is 0 Å². The van der Waals surface area contributed by atoms with E-state index in [1.165, 1.54) is 6.20 Å². The van der Waals surface area contributed by atoms with Crippen LogP contribution < -0.4 is 9.46 Å². The van der Waals surface area contributed by atoms with Gasteiger partial charge >= 0.3 is 0 Å². The predicted molar refractivity (Wildman–Crippen MR) is 103 cm³/mol. The van der Waals surface area contributed by atoms with Crippen LogP contribution in [0.25, 0.3) is 11.3 Å². The summed E-state index contributed by atoms with van der Waals surface area (Å²) in [5, 5.41) is 13.4. The van der Waals surface area contributed by atoms with E-state index in [2.05, 4.69) is 19.8 Å².